The third kappa shape index (κ3) is 2.08. The highest BCUT2D eigenvalue weighted by Crippen LogP contribution is 2.24. The number of aromatic carboxylic acids is 1. The second kappa shape index (κ2) is 4.45. The lowest BCUT2D eigenvalue weighted by Crippen LogP contribution is -2.36. The zero-order valence-electron chi connectivity index (χ0n) is 9.42. The van der Waals surface area contributed by atoms with Gasteiger partial charge in [0.15, 0.2) is 0 Å². The summed E-state index contributed by atoms with van der Waals surface area (Å²) in [5.41, 5.74) is 0.721. The summed E-state index contributed by atoms with van der Waals surface area (Å²) in [4.78, 5) is 24.2. The van der Waals surface area contributed by atoms with E-state index in [1.54, 1.807) is 30.1 Å². The van der Waals surface area contributed by atoms with Gasteiger partial charge in [-0.1, -0.05) is 12.1 Å². The van der Waals surface area contributed by atoms with Gasteiger partial charge in [0.05, 0.1) is 17.9 Å². The van der Waals surface area contributed by atoms with Crippen molar-refractivity contribution < 1.29 is 19.4 Å². The zero-order chi connectivity index (χ0) is 12.4. The van der Waals surface area contributed by atoms with Gasteiger partial charge in [-0.05, 0) is 12.1 Å². The van der Waals surface area contributed by atoms with Crippen LogP contribution < -0.4 is 4.90 Å². The van der Waals surface area contributed by atoms with Crippen LogP contribution in [0.3, 0.4) is 0 Å². The molecule has 5 heteroatoms. The molecular formula is C12H13NO4. The van der Waals surface area contributed by atoms with E-state index in [1.807, 2.05) is 0 Å². The van der Waals surface area contributed by atoms with Gasteiger partial charge in [-0.2, -0.15) is 0 Å². The minimum atomic E-state index is -1.00. The third-order valence-corrected chi connectivity index (χ3v) is 2.89. The lowest BCUT2D eigenvalue weighted by atomic mass is 10.1. The van der Waals surface area contributed by atoms with Crippen molar-refractivity contribution in [1.29, 1.82) is 0 Å². The fourth-order valence-corrected chi connectivity index (χ4v) is 1.97. The average Bonchev–Trinajstić information content (AvgIpc) is 2.74. The molecule has 90 valence electrons. The molecule has 5 nitrogen and oxygen atoms in total. The Morgan fingerprint density at radius 3 is 2.76 bits per heavy atom. The Labute approximate surface area is 98.6 Å². The molecule has 1 aromatic rings. The number of rotatable bonds is 3. The minimum absolute atomic E-state index is 0.190. The molecule has 17 heavy (non-hydrogen) atoms. The summed E-state index contributed by atoms with van der Waals surface area (Å²) in [5.74, 6) is -1.30. The number of carboxylic acids is 1. The van der Waals surface area contributed by atoms with Crippen LogP contribution in [0.2, 0.25) is 0 Å². The first-order valence-electron chi connectivity index (χ1n) is 5.33. The van der Waals surface area contributed by atoms with E-state index in [4.69, 9.17) is 9.84 Å². The number of esters is 1. The van der Waals surface area contributed by atoms with E-state index in [1.165, 1.54) is 6.07 Å². The standard InChI is InChI=1S/C12H13NO4/c1-13(10-6-7-17-12(10)16)9-5-3-2-4-8(9)11(14)15/h2-5,10H,6-7H2,1H3,(H,14,15)/t10-/m1/s1. The number of carbonyl (C=O) groups is 2. The fraction of sp³-hybridized carbons (Fsp3) is 0.333. The molecule has 1 atom stereocenters. The summed E-state index contributed by atoms with van der Waals surface area (Å²) in [6.07, 6.45) is 0.587. The molecule has 1 aliphatic rings. The van der Waals surface area contributed by atoms with Crippen LogP contribution in [0.5, 0.6) is 0 Å². The Balaban J connectivity index is 2.33. The van der Waals surface area contributed by atoms with Crippen molar-refractivity contribution in [2.24, 2.45) is 0 Å². The van der Waals surface area contributed by atoms with Crippen molar-refractivity contribution in [3.05, 3.63) is 29.8 Å². The fourth-order valence-electron chi connectivity index (χ4n) is 1.97. The molecular weight excluding hydrogens is 222 g/mol. The second-order valence-corrected chi connectivity index (χ2v) is 3.91. The normalized spacial score (nSPS) is 18.9. The van der Waals surface area contributed by atoms with Crippen molar-refractivity contribution in [3.8, 4) is 0 Å². The Kier molecular flexibility index (Phi) is 2.99. The highest BCUT2D eigenvalue weighted by atomic mass is 16.5. The first kappa shape index (κ1) is 11.4. The van der Waals surface area contributed by atoms with E-state index in [2.05, 4.69) is 0 Å². The lowest BCUT2D eigenvalue weighted by molar-refractivity contribution is -0.139. The van der Waals surface area contributed by atoms with Crippen molar-refractivity contribution in [2.45, 2.75) is 12.5 Å². The van der Waals surface area contributed by atoms with Crippen LogP contribution in [0.15, 0.2) is 24.3 Å². The number of hydrogen-bond acceptors (Lipinski definition) is 4. The maximum atomic E-state index is 11.5. The number of carbonyl (C=O) groups excluding carboxylic acids is 1. The number of carboxylic acid groups (broad SMARTS) is 1. The minimum Gasteiger partial charge on any atom is -0.478 e. The smallest absolute Gasteiger partial charge is 0.337 e. The van der Waals surface area contributed by atoms with Gasteiger partial charge in [0, 0.05) is 13.5 Å². The van der Waals surface area contributed by atoms with E-state index < -0.39 is 12.0 Å². The molecule has 0 saturated carbocycles. The lowest BCUT2D eigenvalue weighted by Gasteiger charge is -2.24. The number of anilines is 1. The number of likely N-dealkylation sites (N-methyl/N-ethyl adjacent to an activating group) is 1. The van der Waals surface area contributed by atoms with Gasteiger partial charge in [-0.3, -0.25) is 0 Å². The summed E-state index contributed by atoms with van der Waals surface area (Å²) in [6, 6.07) is 6.23. The van der Waals surface area contributed by atoms with E-state index in [0.717, 1.165) is 0 Å². The first-order chi connectivity index (χ1) is 8.11. The molecule has 0 aliphatic carbocycles. The zero-order valence-corrected chi connectivity index (χ0v) is 9.42. The molecule has 0 bridgehead atoms. The molecule has 1 heterocycles. The van der Waals surface area contributed by atoms with Gasteiger partial charge in [-0.25, -0.2) is 9.59 Å². The third-order valence-electron chi connectivity index (χ3n) is 2.89. The van der Waals surface area contributed by atoms with E-state index in [-0.39, 0.29) is 11.5 Å². The Bertz CT molecular complexity index is 458. The van der Waals surface area contributed by atoms with Crippen molar-refractivity contribution in [3.63, 3.8) is 0 Å². The summed E-state index contributed by atoms with van der Waals surface area (Å²) in [6.45, 7) is 0.392. The van der Waals surface area contributed by atoms with Crippen LogP contribution in [0.4, 0.5) is 5.69 Å². The molecule has 0 amide bonds. The van der Waals surface area contributed by atoms with Gasteiger partial charge in [0.1, 0.15) is 6.04 Å². The summed E-state index contributed by atoms with van der Waals surface area (Å²) < 4.78 is 4.88. The molecule has 1 aliphatic heterocycles. The largest absolute Gasteiger partial charge is 0.478 e. The molecule has 2 rings (SSSR count). The van der Waals surface area contributed by atoms with Gasteiger partial charge < -0.3 is 14.7 Å². The second-order valence-electron chi connectivity index (χ2n) is 3.91. The molecule has 1 aromatic carbocycles. The summed E-state index contributed by atoms with van der Waals surface area (Å²) in [5, 5.41) is 9.08. The van der Waals surface area contributed by atoms with E-state index in [0.29, 0.717) is 18.7 Å². The maximum Gasteiger partial charge on any atom is 0.337 e. The van der Waals surface area contributed by atoms with Crippen molar-refractivity contribution in [1.82, 2.24) is 0 Å². The van der Waals surface area contributed by atoms with Crippen molar-refractivity contribution >= 4 is 17.6 Å². The molecule has 1 saturated heterocycles. The molecule has 0 unspecified atom stereocenters. The van der Waals surface area contributed by atoms with Crippen LogP contribution in [0, 0.1) is 0 Å². The Morgan fingerprint density at radius 1 is 1.47 bits per heavy atom. The van der Waals surface area contributed by atoms with Gasteiger partial charge in [0.2, 0.25) is 0 Å². The molecule has 0 spiro atoms. The summed E-state index contributed by atoms with van der Waals surface area (Å²) in [7, 11) is 1.71. The quantitative estimate of drug-likeness (QED) is 0.796. The first-order valence-corrected chi connectivity index (χ1v) is 5.33. The van der Waals surface area contributed by atoms with E-state index in [9.17, 15) is 9.59 Å². The average molecular weight is 235 g/mol. The number of benzene rings is 1. The molecule has 1 N–H and O–H groups in total. The Hall–Kier alpha value is -2.04. The van der Waals surface area contributed by atoms with Crippen LogP contribution in [0.1, 0.15) is 16.8 Å². The number of nitrogens with zero attached hydrogens (tertiary/aromatic N) is 1. The summed E-state index contributed by atoms with van der Waals surface area (Å²) >= 11 is 0. The molecule has 0 radical (unpaired) electrons. The van der Waals surface area contributed by atoms with Gasteiger partial charge >= 0.3 is 11.9 Å². The molecule has 0 aromatic heterocycles. The van der Waals surface area contributed by atoms with Gasteiger partial charge in [0.25, 0.3) is 0 Å². The Morgan fingerprint density at radius 2 is 2.18 bits per heavy atom. The molecule has 1 fully saturated rings. The van der Waals surface area contributed by atoms with E-state index >= 15 is 0 Å². The van der Waals surface area contributed by atoms with Crippen molar-refractivity contribution in [2.75, 3.05) is 18.6 Å². The van der Waals surface area contributed by atoms with Crippen LogP contribution >= 0.6 is 0 Å². The number of para-hydroxylation sites is 1. The van der Waals surface area contributed by atoms with Crippen LogP contribution in [-0.2, 0) is 9.53 Å². The number of cyclic esters (lactones) is 1. The predicted molar refractivity (Wildman–Crippen MR) is 61.2 cm³/mol. The monoisotopic (exact) mass is 235 g/mol. The topological polar surface area (TPSA) is 66.8 Å². The van der Waals surface area contributed by atoms with Gasteiger partial charge in [-0.15, -0.1) is 0 Å². The highest BCUT2D eigenvalue weighted by Gasteiger charge is 2.31. The van der Waals surface area contributed by atoms with Crippen LogP contribution in [-0.4, -0.2) is 36.7 Å². The SMILES string of the molecule is CN(c1ccccc1C(=O)O)[C@@H]1CCOC1=O. The number of ether oxygens (including phenoxy) is 1. The predicted octanol–water partition coefficient (Wildman–Crippen LogP) is 1.14. The highest BCUT2D eigenvalue weighted by molar-refractivity contribution is 5.95. The number of hydrogen-bond donors (Lipinski definition) is 1. The maximum absolute atomic E-state index is 11.5. The van der Waals surface area contributed by atoms with Crippen LogP contribution in [0.25, 0.3) is 0 Å².